The van der Waals surface area contributed by atoms with Crippen molar-refractivity contribution in [2.45, 2.75) is 25.7 Å². The minimum absolute atomic E-state index is 0. The smallest absolute Gasteiger partial charge is 0.269 e. The number of rotatable bonds is 7. The molecule has 1 aromatic carbocycles. The van der Waals surface area contributed by atoms with E-state index in [0.717, 1.165) is 13.1 Å². The number of carbonyl (C=O) groups excluding carboxylic acids is 2. The number of halogens is 1. The lowest BCUT2D eigenvalue weighted by Crippen LogP contribution is -2.43. The van der Waals surface area contributed by atoms with E-state index < -0.39 is 5.91 Å². The Morgan fingerprint density at radius 3 is 2.07 bits per heavy atom. The van der Waals surface area contributed by atoms with Gasteiger partial charge in [0.05, 0.1) is 21.3 Å². The van der Waals surface area contributed by atoms with Gasteiger partial charge in [-0.2, -0.15) is 0 Å². The molecule has 0 radical (unpaired) electrons. The van der Waals surface area contributed by atoms with Gasteiger partial charge in [0.15, 0.2) is 11.5 Å². The van der Waals surface area contributed by atoms with Gasteiger partial charge in [-0.3, -0.25) is 20.4 Å². The Labute approximate surface area is 165 Å². The van der Waals surface area contributed by atoms with E-state index in [4.69, 9.17) is 14.2 Å². The summed E-state index contributed by atoms with van der Waals surface area (Å²) in [6, 6.07) is 3.05. The molecule has 27 heavy (non-hydrogen) atoms. The second-order valence-electron chi connectivity index (χ2n) is 6.07. The van der Waals surface area contributed by atoms with Crippen LogP contribution in [-0.4, -0.2) is 57.7 Å². The highest BCUT2D eigenvalue weighted by Gasteiger charge is 2.17. The number of hydrazine groups is 1. The predicted octanol–water partition coefficient (Wildman–Crippen LogP) is 1.77. The van der Waals surface area contributed by atoms with E-state index >= 15 is 0 Å². The second kappa shape index (κ2) is 11.5. The Kier molecular flexibility index (Phi) is 9.74. The number of hydrogen-bond donors (Lipinski definition) is 2. The van der Waals surface area contributed by atoms with Gasteiger partial charge in [-0.05, 0) is 38.1 Å². The van der Waals surface area contributed by atoms with Gasteiger partial charge in [0.2, 0.25) is 11.7 Å². The molecule has 1 aliphatic heterocycles. The fraction of sp³-hybridized carbons (Fsp3) is 0.556. The molecule has 0 bridgehead atoms. The van der Waals surface area contributed by atoms with E-state index in [9.17, 15) is 9.59 Å². The minimum atomic E-state index is -0.462. The van der Waals surface area contributed by atoms with Crippen LogP contribution in [0.5, 0.6) is 17.2 Å². The third kappa shape index (κ3) is 6.48. The Bertz CT molecular complexity index is 610. The molecule has 0 saturated carbocycles. The Morgan fingerprint density at radius 1 is 0.963 bits per heavy atom. The first kappa shape index (κ1) is 22.9. The number of piperidine rings is 1. The fourth-order valence-corrected chi connectivity index (χ4v) is 2.92. The molecule has 2 rings (SSSR count). The summed E-state index contributed by atoms with van der Waals surface area (Å²) in [5, 5.41) is 0. The van der Waals surface area contributed by atoms with E-state index in [0.29, 0.717) is 30.2 Å². The lowest BCUT2D eigenvalue weighted by Gasteiger charge is -2.25. The maximum atomic E-state index is 12.3. The van der Waals surface area contributed by atoms with Crippen molar-refractivity contribution >= 4 is 24.2 Å². The number of carbonyl (C=O) groups is 2. The van der Waals surface area contributed by atoms with Gasteiger partial charge in [-0.25, -0.2) is 0 Å². The van der Waals surface area contributed by atoms with Crippen LogP contribution in [0.3, 0.4) is 0 Å². The van der Waals surface area contributed by atoms with Crippen LogP contribution in [0.2, 0.25) is 0 Å². The van der Waals surface area contributed by atoms with Crippen LogP contribution in [0.25, 0.3) is 0 Å². The number of hydrogen-bond acceptors (Lipinski definition) is 6. The Morgan fingerprint density at radius 2 is 1.56 bits per heavy atom. The average Bonchev–Trinajstić information content (AvgIpc) is 2.69. The molecule has 1 fully saturated rings. The summed E-state index contributed by atoms with van der Waals surface area (Å²) < 4.78 is 15.7. The van der Waals surface area contributed by atoms with Gasteiger partial charge < -0.3 is 19.1 Å². The summed E-state index contributed by atoms with van der Waals surface area (Å²) in [4.78, 5) is 26.5. The molecule has 0 unspecified atom stereocenters. The van der Waals surface area contributed by atoms with Crippen LogP contribution < -0.4 is 25.1 Å². The third-order valence-electron chi connectivity index (χ3n) is 4.35. The van der Waals surface area contributed by atoms with Gasteiger partial charge >= 0.3 is 0 Å². The van der Waals surface area contributed by atoms with E-state index in [1.165, 1.54) is 52.7 Å². The zero-order valence-corrected chi connectivity index (χ0v) is 16.8. The highest BCUT2D eigenvalue weighted by Crippen LogP contribution is 2.38. The number of nitrogens with one attached hydrogen (secondary N) is 2. The highest BCUT2D eigenvalue weighted by atomic mass is 35.5. The molecule has 0 spiro atoms. The molecule has 1 saturated heterocycles. The van der Waals surface area contributed by atoms with Crippen molar-refractivity contribution in [1.82, 2.24) is 15.8 Å². The molecule has 1 aliphatic rings. The normalized spacial score (nSPS) is 13.9. The van der Waals surface area contributed by atoms with E-state index in [-0.39, 0.29) is 23.9 Å². The van der Waals surface area contributed by atoms with Crippen LogP contribution in [0.4, 0.5) is 0 Å². The van der Waals surface area contributed by atoms with Crippen LogP contribution in [0.15, 0.2) is 12.1 Å². The summed E-state index contributed by atoms with van der Waals surface area (Å²) in [5.74, 6) is 0.450. The molecule has 9 heteroatoms. The fourth-order valence-electron chi connectivity index (χ4n) is 2.92. The maximum absolute atomic E-state index is 12.3. The monoisotopic (exact) mass is 401 g/mol. The molecule has 1 heterocycles. The van der Waals surface area contributed by atoms with Crippen molar-refractivity contribution in [3.63, 3.8) is 0 Å². The first-order valence-electron chi connectivity index (χ1n) is 8.70. The standard InChI is InChI=1S/C18H27N3O5.ClH/c1-24-14-11-13(12-15(25-2)17(14)26-3)18(23)20-19-16(22)7-10-21-8-5-4-6-9-21;/h11-12H,4-10H2,1-3H3,(H,19,22)(H,20,23);1H. The van der Waals surface area contributed by atoms with Gasteiger partial charge in [0.1, 0.15) is 0 Å². The molecule has 152 valence electrons. The van der Waals surface area contributed by atoms with Crippen molar-refractivity contribution in [2.75, 3.05) is 41.0 Å². The molecular formula is C18H28ClN3O5. The largest absolute Gasteiger partial charge is 0.493 e. The molecule has 2 N–H and O–H groups in total. The first-order chi connectivity index (χ1) is 12.6. The van der Waals surface area contributed by atoms with Crippen molar-refractivity contribution in [3.8, 4) is 17.2 Å². The van der Waals surface area contributed by atoms with E-state index in [1.807, 2.05) is 0 Å². The summed E-state index contributed by atoms with van der Waals surface area (Å²) >= 11 is 0. The quantitative estimate of drug-likeness (QED) is 0.677. The molecule has 2 amide bonds. The summed E-state index contributed by atoms with van der Waals surface area (Å²) in [6.07, 6.45) is 3.96. The molecule has 8 nitrogen and oxygen atoms in total. The van der Waals surface area contributed by atoms with Crippen LogP contribution in [0, 0.1) is 0 Å². The molecule has 0 aromatic heterocycles. The van der Waals surface area contributed by atoms with E-state index in [1.54, 1.807) is 0 Å². The second-order valence-corrected chi connectivity index (χ2v) is 6.07. The van der Waals surface area contributed by atoms with Crippen molar-refractivity contribution in [1.29, 1.82) is 0 Å². The molecular weight excluding hydrogens is 374 g/mol. The van der Waals surface area contributed by atoms with Crippen molar-refractivity contribution in [2.24, 2.45) is 0 Å². The first-order valence-corrected chi connectivity index (χ1v) is 8.70. The van der Waals surface area contributed by atoms with E-state index in [2.05, 4.69) is 15.8 Å². The number of nitrogens with zero attached hydrogens (tertiary/aromatic N) is 1. The molecule has 0 atom stereocenters. The third-order valence-corrected chi connectivity index (χ3v) is 4.35. The SMILES string of the molecule is COc1cc(C(=O)NNC(=O)CCN2CCCCC2)cc(OC)c1OC.Cl. The number of methoxy groups -OCH3 is 3. The summed E-state index contributed by atoms with van der Waals surface area (Å²) in [6.45, 7) is 2.77. The topological polar surface area (TPSA) is 89.1 Å². The molecule has 1 aromatic rings. The highest BCUT2D eigenvalue weighted by molar-refractivity contribution is 5.96. The van der Waals surface area contributed by atoms with Gasteiger partial charge in [0, 0.05) is 18.5 Å². The number of benzene rings is 1. The van der Waals surface area contributed by atoms with Crippen LogP contribution in [0.1, 0.15) is 36.0 Å². The maximum Gasteiger partial charge on any atom is 0.269 e. The zero-order chi connectivity index (χ0) is 18.9. The average molecular weight is 402 g/mol. The lowest BCUT2D eigenvalue weighted by atomic mass is 10.1. The predicted molar refractivity (Wildman–Crippen MR) is 104 cm³/mol. The summed E-state index contributed by atoms with van der Waals surface area (Å²) in [5.41, 5.74) is 5.15. The van der Waals surface area contributed by atoms with Gasteiger partial charge in [-0.15, -0.1) is 12.4 Å². The molecule has 0 aliphatic carbocycles. The van der Waals surface area contributed by atoms with Crippen molar-refractivity contribution < 1.29 is 23.8 Å². The number of amides is 2. The lowest BCUT2D eigenvalue weighted by molar-refractivity contribution is -0.122. The van der Waals surface area contributed by atoms with Crippen molar-refractivity contribution in [3.05, 3.63) is 17.7 Å². The van der Waals surface area contributed by atoms with Crippen LogP contribution >= 0.6 is 12.4 Å². The van der Waals surface area contributed by atoms with Crippen LogP contribution in [-0.2, 0) is 4.79 Å². The Hall–Kier alpha value is -2.19. The van der Waals surface area contributed by atoms with Gasteiger partial charge in [-0.1, -0.05) is 6.42 Å². The van der Waals surface area contributed by atoms with Gasteiger partial charge in [0.25, 0.3) is 5.91 Å². The zero-order valence-electron chi connectivity index (χ0n) is 16.0. The Balaban J connectivity index is 0.00000364. The minimum Gasteiger partial charge on any atom is -0.493 e. The summed E-state index contributed by atoms with van der Waals surface area (Å²) in [7, 11) is 4.44. The number of ether oxygens (including phenoxy) is 3. The number of likely N-dealkylation sites (tertiary alicyclic amines) is 1.